The Labute approximate surface area is 347 Å². The van der Waals surface area contributed by atoms with Crippen molar-refractivity contribution >= 4 is 58.0 Å². The molecule has 6 rings (SSSR count). The number of hydrogen-bond donors (Lipinski definition) is 3. The number of anilines is 4. The fraction of sp³-hybridized carbons (Fsp3) is 0.356. The number of hydrogen-bond acceptors (Lipinski definition) is 10. The van der Waals surface area contributed by atoms with Crippen molar-refractivity contribution in [2.75, 3.05) is 96.9 Å². The van der Waals surface area contributed by atoms with Crippen LogP contribution >= 0.6 is 7.14 Å². The minimum Gasteiger partial charge on any atom is -0.497 e. The molecule has 14 heteroatoms. The average Bonchev–Trinajstić information content (AvgIpc) is 3.20. The van der Waals surface area contributed by atoms with Crippen molar-refractivity contribution in [1.29, 1.82) is 0 Å². The predicted octanol–water partition coefficient (Wildman–Crippen LogP) is 8.30. The Morgan fingerprint density at radius 3 is 2.24 bits per heavy atom. The number of amides is 3. The normalized spacial score (nSPS) is 13.8. The number of carbonyl (C=O) groups is 2. The van der Waals surface area contributed by atoms with E-state index < -0.39 is 13.2 Å². The van der Waals surface area contributed by atoms with Gasteiger partial charge in [0.05, 0.1) is 30.9 Å². The van der Waals surface area contributed by atoms with E-state index in [2.05, 4.69) is 58.6 Å². The number of rotatable bonds is 13. The summed E-state index contributed by atoms with van der Waals surface area (Å²) in [5.41, 5.74) is 2.81. The number of fused-ring (bicyclic) bond motifs is 1. The van der Waals surface area contributed by atoms with Crippen molar-refractivity contribution in [3.63, 3.8) is 0 Å². The molecular formula is C45H56N7O6P. The molecule has 1 saturated heterocycles. The van der Waals surface area contributed by atoms with Crippen LogP contribution in [0.1, 0.15) is 36.7 Å². The van der Waals surface area contributed by atoms with Gasteiger partial charge >= 0.3 is 6.03 Å². The Morgan fingerprint density at radius 2 is 1.56 bits per heavy atom. The van der Waals surface area contributed by atoms with Crippen molar-refractivity contribution < 1.29 is 28.4 Å². The van der Waals surface area contributed by atoms with Gasteiger partial charge in [-0.25, -0.2) is 9.78 Å². The van der Waals surface area contributed by atoms with Crippen LogP contribution in [-0.2, 0) is 9.98 Å². The van der Waals surface area contributed by atoms with Crippen LogP contribution in [0.3, 0.4) is 0 Å². The summed E-state index contributed by atoms with van der Waals surface area (Å²) < 4.78 is 31.0. The summed E-state index contributed by atoms with van der Waals surface area (Å²) in [6.45, 7) is 15.1. The summed E-state index contributed by atoms with van der Waals surface area (Å²) in [5.74, 6) is 2.43. The number of pyridine rings is 1. The van der Waals surface area contributed by atoms with Crippen LogP contribution in [0.2, 0.25) is 0 Å². The summed E-state index contributed by atoms with van der Waals surface area (Å²) in [6.07, 6.45) is 1.64. The standard InChI is InChI=1S/C45H56N7O6P/c1-45(2,3)31-26-38(42(57-7)40(27-31)59(8,9)55)49-44(54)48-37-14-15-39(36-13-11-10-12-35(36)37)58-33-16-17-46-41(29-33)47-32-24-30(25-34(28-32)56-6)43(53)51(5)20-23-52-21-18-50(4)19-22-52/h10-17,24-29H,18-23H2,1-9H3,(H,46,47)(H2,48,49,54). The summed E-state index contributed by atoms with van der Waals surface area (Å²) in [4.78, 5) is 38.1. The van der Waals surface area contributed by atoms with E-state index in [0.29, 0.717) is 63.3 Å². The Morgan fingerprint density at radius 1 is 0.847 bits per heavy atom. The van der Waals surface area contributed by atoms with E-state index in [1.54, 1.807) is 67.9 Å². The van der Waals surface area contributed by atoms with Crippen molar-refractivity contribution in [2.45, 2.75) is 26.2 Å². The number of ether oxygens (including phenoxy) is 3. The van der Waals surface area contributed by atoms with Gasteiger partial charge < -0.3 is 44.5 Å². The highest BCUT2D eigenvalue weighted by atomic mass is 31.2. The molecule has 59 heavy (non-hydrogen) atoms. The van der Waals surface area contributed by atoms with Gasteiger partial charge in [0.25, 0.3) is 5.91 Å². The van der Waals surface area contributed by atoms with Crippen LogP contribution in [0.15, 0.2) is 85.1 Å². The van der Waals surface area contributed by atoms with Crippen LogP contribution in [-0.4, -0.2) is 113 Å². The van der Waals surface area contributed by atoms with Gasteiger partial charge in [-0.1, -0.05) is 45.0 Å². The van der Waals surface area contributed by atoms with E-state index in [0.717, 1.165) is 49.1 Å². The van der Waals surface area contributed by atoms with Crippen LogP contribution in [0.25, 0.3) is 10.8 Å². The van der Waals surface area contributed by atoms with Gasteiger partial charge in [0.15, 0.2) is 5.75 Å². The lowest BCUT2D eigenvalue weighted by molar-refractivity contribution is 0.0759. The molecule has 0 spiro atoms. The second-order valence-corrected chi connectivity index (χ2v) is 19.5. The molecule has 1 aromatic heterocycles. The third-order valence-corrected chi connectivity index (χ3v) is 11.9. The average molecular weight is 822 g/mol. The van der Waals surface area contributed by atoms with E-state index in [4.69, 9.17) is 14.2 Å². The molecule has 13 nitrogen and oxygen atoms in total. The van der Waals surface area contributed by atoms with Crippen LogP contribution in [0.5, 0.6) is 23.0 Å². The van der Waals surface area contributed by atoms with E-state index in [-0.39, 0.29) is 11.3 Å². The topological polar surface area (TPSA) is 138 Å². The van der Waals surface area contributed by atoms with Gasteiger partial charge in [-0.15, -0.1) is 0 Å². The lowest BCUT2D eigenvalue weighted by atomic mass is 9.86. The molecule has 3 N–H and O–H groups in total. The Bertz CT molecular complexity index is 2370. The van der Waals surface area contributed by atoms with Gasteiger partial charge in [0, 0.05) is 86.7 Å². The van der Waals surface area contributed by atoms with E-state index >= 15 is 0 Å². The van der Waals surface area contributed by atoms with Gasteiger partial charge in [-0.3, -0.25) is 9.69 Å². The maximum Gasteiger partial charge on any atom is 0.323 e. The highest BCUT2D eigenvalue weighted by Crippen LogP contribution is 2.44. The van der Waals surface area contributed by atoms with E-state index in [1.807, 2.05) is 49.5 Å². The number of nitrogens with zero attached hydrogens (tertiary/aromatic N) is 4. The molecule has 1 aliphatic rings. The van der Waals surface area contributed by atoms with Gasteiger partial charge in [-0.05, 0) is 73.8 Å². The predicted molar refractivity (Wildman–Crippen MR) is 239 cm³/mol. The van der Waals surface area contributed by atoms with Gasteiger partial charge in [0.1, 0.15) is 30.2 Å². The molecule has 3 amide bonds. The number of aromatic nitrogens is 1. The lowest BCUT2D eigenvalue weighted by Gasteiger charge is -2.33. The minimum atomic E-state index is -2.75. The molecule has 1 aliphatic heterocycles. The molecule has 0 atom stereocenters. The maximum absolute atomic E-state index is 13.6. The third kappa shape index (κ3) is 10.7. The molecule has 4 aromatic carbocycles. The molecule has 0 radical (unpaired) electrons. The van der Waals surface area contributed by atoms with Gasteiger partial charge in [-0.2, -0.15) is 0 Å². The molecule has 0 bridgehead atoms. The third-order valence-electron chi connectivity index (χ3n) is 10.4. The number of nitrogens with one attached hydrogen (secondary N) is 3. The molecule has 5 aromatic rings. The van der Waals surface area contributed by atoms with E-state index in [9.17, 15) is 14.2 Å². The number of urea groups is 1. The smallest absolute Gasteiger partial charge is 0.323 e. The van der Waals surface area contributed by atoms with Gasteiger partial charge in [0.2, 0.25) is 0 Å². The zero-order valence-electron chi connectivity index (χ0n) is 35.5. The van der Waals surface area contributed by atoms with Crippen molar-refractivity contribution in [1.82, 2.24) is 19.7 Å². The lowest BCUT2D eigenvalue weighted by Crippen LogP contribution is -2.47. The van der Waals surface area contributed by atoms with Crippen molar-refractivity contribution in [3.05, 3.63) is 96.2 Å². The molecule has 0 saturated carbocycles. The Kier molecular flexibility index (Phi) is 13.2. The molecule has 0 aliphatic carbocycles. The van der Waals surface area contributed by atoms with Crippen LogP contribution < -0.4 is 35.5 Å². The largest absolute Gasteiger partial charge is 0.497 e. The molecule has 2 heterocycles. The monoisotopic (exact) mass is 821 g/mol. The first-order chi connectivity index (χ1) is 28.0. The van der Waals surface area contributed by atoms with Crippen LogP contribution in [0.4, 0.5) is 27.7 Å². The fourth-order valence-electron chi connectivity index (χ4n) is 6.91. The summed E-state index contributed by atoms with van der Waals surface area (Å²) >= 11 is 0. The molecule has 1 fully saturated rings. The number of piperazine rings is 1. The molecule has 312 valence electrons. The number of methoxy groups -OCH3 is 2. The Hall–Kier alpha value is -5.62. The highest BCUT2D eigenvalue weighted by Gasteiger charge is 2.26. The van der Waals surface area contributed by atoms with Crippen molar-refractivity contribution in [2.24, 2.45) is 0 Å². The van der Waals surface area contributed by atoms with Crippen molar-refractivity contribution in [3.8, 4) is 23.0 Å². The number of carbonyl (C=O) groups excluding carboxylic acids is 2. The fourth-order valence-corrected chi connectivity index (χ4v) is 8.07. The summed E-state index contributed by atoms with van der Waals surface area (Å²) in [5, 5.41) is 11.4. The van der Waals surface area contributed by atoms with Crippen LogP contribution in [0, 0.1) is 0 Å². The molecule has 0 unspecified atom stereocenters. The first-order valence-corrected chi connectivity index (χ1v) is 22.3. The van der Waals surface area contributed by atoms with E-state index in [1.165, 1.54) is 7.11 Å². The summed E-state index contributed by atoms with van der Waals surface area (Å²) in [7, 11) is 4.29. The second-order valence-electron chi connectivity index (χ2n) is 16.3. The first-order valence-electron chi connectivity index (χ1n) is 19.7. The SMILES string of the molecule is COc1cc(Nc2cc(Oc3ccc(NC(=O)Nc4cc(C(C)(C)C)cc(P(C)(C)=O)c4OC)c4ccccc34)ccn2)cc(C(=O)N(C)CCN2CCN(C)CC2)c1. The highest BCUT2D eigenvalue weighted by molar-refractivity contribution is 7.70. The number of likely N-dealkylation sites (N-methyl/N-ethyl adjacent to an activating group) is 2. The second kappa shape index (κ2) is 18.1. The first kappa shape index (κ1) is 43.0. The minimum absolute atomic E-state index is 0.0958. The number of benzene rings is 4. The Balaban J connectivity index is 1.17. The quantitative estimate of drug-likeness (QED) is 0.0996. The zero-order valence-corrected chi connectivity index (χ0v) is 36.4. The molecular weight excluding hydrogens is 766 g/mol. The zero-order chi connectivity index (χ0) is 42.5. The summed E-state index contributed by atoms with van der Waals surface area (Å²) in [6, 6.07) is 23.4. The maximum atomic E-state index is 13.6.